The van der Waals surface area contributed by atoms with E-state index in [0.717, 1.165) is 24.1 Å². The summed E-state index contributed by atoms with van der Waals surface area (Å²) in [4.78, 5) is 16.4. The van der Waals surface area contributed by atoms with Crippen molar-refractivity contribution in [2.24, 2.45) is 0 Å². The van der Waals surface area contributed by atoms with E-state index in [1.807, 2.05) is 6.92 Å². The van der Waals surface area contributed by atoms with Crippen molar-refractivity contribution >= 4 is 16.9 Å². The third-order valence-electron chi connectivity index (χ3n) is 5.62. The number of hydrogen-bond acceptors (Lipinski definition) is 3. The van der Waals surface area contributed by atoms with Crippen LogP contribution in [0.2, 0.25) is 0 Å². The van der Waals surface area contributed by atoms with Crippen LogP contribution in [0, 0.1) is 0 Å². The van der Waals surface area contributed by atoms with E-state index in [9.17, 15) is 28.2 Å². The van der Waals surface area contributed by atoms with E-state index in [0.29, 0.717) is 29.3 Å². The number of aromatic hydroxyl groups is 1. The molecule has 0 saturated heterocycles. The fourth-order valence-electron chi connectivity index (χ4n) is 3.84. The Hall–Kier alpha value is -3.09. The highest BCUT2D eigenvalue weighted by Crippen LogP contribution is 2.56. The zero-order valence-electron chi connectivity index (χ0n) is 15.5. The van der Waals surface area contributed by atoms with Crippen LogP contribution in [0.1, 0.15) is 52.5 Å². The summed E-state index contributed by atoms with van der Waals surface area (Å²) in [6, 6.07) is 9.97. The Balaban J connectivity index is 1.91. The third kappa shape index (κ3) is 3.10. The monoisotopic (exact) mass is 401 g/mol. The van der Waals surface area contributed by atoms with Gasteiger partial charge in [0.25, 0.3) is 0 Å². The lowest BCUT2D eigenvalue weighted by Gasteiger charge is -2.20. The summed E-state index contributed by atoms with van der Waals surface area (Å²) in [5.41, 5.74) is 0.433. The Kier molecular flexibility index (Phi) is 4.29. The van der Waals surface area contributed by atoms with Gasteiger partial charge >= 0.3 is 12.1 Å². The number of aromatic nitrogens is 1. The van der Waals surface area contributed by atoms with Gasteiger partial charge in [0.05, 0.1) is 16.8 Å². The first-order valence-electron chi connectivity index (χ1n) is 9.24. The molecule has 1 aromatic heterocycles. The Bertz CT molecular complexity index is 1120. The molecule has 0 radical (unpaired) electrons. The summed E-state index contributed by atoms with van der Waals surface area (Å²) < 4.78 is 38.7. The van der Waals surface area contributed by atoms with Gasteiger partial charge in [-0.2, -0.15) is 13.2 Å². The Morgan fingerprint density at radius 2 is 1.79 bits per heavy atom. The average Bonchev–Trinajstić information content (AvgIpc) is 3.48. The van der Waals surface area contributed by atoms with E-state index >= 15 is 0 Å². The summed E-state index contributed by atoms with van der Waals surface area (Å²) in [5.74, 6) is -1.70. The molecular weight excluding hydrogens is 383 g/mol. The first kappa shape index (κ1) is 19.2. The van der Waals surface area contributed by atoms with Crippen LogP contribution in [-0.4, -0.2) is 21.2 Å². The second-order valence-corrected chi connectivity index (χ2v) is 7.35. The molecule has 0 unspecified atom stereocenters. The van der Waals surface area contributed by atoms with Crippen molar-refractivity contribution < 1.29 is 28.2 Å². The lowest BCUT2D eigenvalue weighted by molar-refractivity contribution is -0.137. The highest BCUT2D eigenvalue weighted by atomic mass is 19.4. The van der Waals surface area contributed by atoms with Crippen LogP contribution >= 0.6 is 0 Å². The Labute approximate surface area is 164 Å². The molecule has 2 N–H and O–H groups in total. The SMILES string of the molecule is CCc1ccc2c(C(=O)O)c(O)c(C3(c4ccc(C(F)(F)F)cc4)CC3)nc2c1. The number of hydrogen-bond donors (Lipinski definition) is 2. The number of fused-ring (bicyclic) bond motifs is 1. The van der Waals surface area contributed by atoms with E-state index in [1.54, 1.807) is 18.2 Å². The Morgan fingerprint density at radius 1 is 1.14 bits per heavy atom. The van der Waals surface area contributed by atoms with Crippen molar-refractivity contribution in [3.05, 3.63) is 70.4 Å². The van der Waals surface area contributed by atoms with Crippen molar-refractivity contribution in [2.75, 3.05) is 0 Å². The van der Waals surface area contributed by atoms with Gasteiger partial charge in [-0.15, -0.1) is 0 Å². The third-order valence-corrected chi connectivity index (χ3v) is 5.62. The molecule has 0 amide bonds. The molecule has 0 atom stereocenters. The maximum atomic E-state index is 12.9. The fourth-order valence-corrected chi connectivity index (χ4v) is 3.84. The maximum absolute atomic E-state index is 12.9. The molecule has 2 aromatic carbocycles. The molecule has 4 rings (SSSR count). The highest BCUT2D eigenvalue weighted by molar-refractivity contribution is 6.05. The predicted octanol–water partition coefficient (Wildman–Crippen LogP) is 5.30. The van der Waals surface area contributed by atoms with Gasteiger partial charge in [0, 0.05) is 10.8 Å². The molecule has 1 saturated carbocycles. The maximum Gasteiger partial charge on any atom is 0.416 e. The number of aryl methyl sites for hydroxylation is 1. The number of pyridine rings is 1. The van der Waals surface area contributed by atoms with E-state index < -0.39 is 28.9 Å². The van der Waals surface area contributed by atoms with Crippen LogP contribution < -0.4 is 0 Å². The van der Waals surface area contributed by atoms with E-state index in [1.165, 1.54) is 12.1 Å². The van der Waals surface area contributed by atoms with Crippen LogP contribution in [0.15, 0.2) is 42.5 Å². The van der Waals surface area contributed by atoms with Gasteiger partial charge in [-0.1, -0.05) is 31.2 Å². The zero-order chi connectivity index (χ0) is 21.0. The summed E-state index contributed by atoms with van der Waals surface area (Å²) in [5, 5.41) is 20.8. The molecule has 0 bridgehead atoms. The minimum Gasteiger partial charge on any atom is -0.505 e. The second kappa shape index (κ2) is 6.47. The van der Waals surface area contributed by atoms with Gasteiger partial charge < -0.3 is 10.2 Å². The van der Waals surface area contributed by atoms with E-state index in [2.05, 4.69) is 4.98 Å². The van der Waals surface area contributed by atoms with Crippen molar-refractivity contribution in [2.45, 2.75) is 37.8 Å². The van der Waals surface area contributed by atoms with Gasteiger partial charge in [-0.05, 0) is 48.6 Å². The molecule has 1 heterocycles. The predicted molar refractivity (Wildman–Crippen MR) is 101 cm³/mol. The quantitative estimate of drug-likeness (QED) is 0.622. The zero-order valence-corrected chi connectivity index (χ0v) is 15.5. The highest BCUT2D eigenvalue weighted by Gasteiger charge is 2.50. The number of benzene rings is 2. The number of rotatable bonds is 4. The number of carboxylic acids is 1. The van der Waals surface area contributed by atoms with Crippen LogP contribution in [0.25, 0.3) is 10.9 Å². The minimum atomic E-state index is -4.44. The van der Waals surface area contributed by atoms with Gasteiger partial charge in [-0.25, -0.2) is 9.78 Å². The van der Waals surface area contributed by atoms with Crippen LogP contribution in [-0.2, 0) is 18.0 Å². The molecule has 1 aliphatic rings. The smallest absolute Gasteiger partial charge is 0.416 e. The molecule has 0 spiro atoms. The van der Waals surface area contributed by atoms with Crippen LogP contribution in [0.3, 0.4) is 0 Å². The molecule has 1 aliphatic carbocycles. The van der Waals surface area contributed by atoms with Gasteiger partial charge in [0.2, 0.25) is 0 Å². The second-order valence-electron chi connectivity index (χ2n) is 7.35. The number of carboxylic acid groups (broad SMARTS) is 1. The Morgan fingerprint density at radius 3 is 2.31 bits per heavy atom. The van der Waals surface area contributed by atoms with Crippen molar-refractivity contribution in [1.82, 2.24) is 4.98 Å². The molecule has 4 nitrogen and oxygen atoms in total. The molecule has 3 aromatic rings. The number of nitrogens with zero attached hydrogens (tertiary/aromatic N) is 1. The number of aromatic carboxylic acids is 1. The fraction of sp³-hybridized carbons (Fsp3) is 0.273. The normalized spacial score (nSPS) is 15.4. The van der Waals surface area contributed by atoms with Crippen molar-refractivity contribution in [3.8, 4) is 5.75 Å². The lowest BCUT2D eigenvalue weighted by atomic mass is 9.88. The molecule has 150 valence electrons. The first-order valence-corrected chi connectivity index (χ1v) is 9.24. The number of halogens is 3. The van der Waals surface area contributed by atoms with Crippen LogP contribution in [0.5, 0.6) is 5.75 Å². The largest absolute Gasteiger partial charge is 0.505 e. The van der Waals surface area contributed by atoms with Gasteiger partial charge in [-0.3, -0.25) is 0 Å². The average molecular weight is 401 g/mol. The minimum absolute atomic E-state index is 0.204. The summed E-state index contributed by atoms with van der Waals surface area (Å²) in [6.45, 7) is 1.96. The van der Waals surface area contributed by atoms with Gasteiger partial charge in [0.1, 0.15) is 5.56 Å². The van der Waals surface area contributed by atoms with Gasteiger partial charge in [0.15, 0.2) is 5.75 Å². The number of carbonyl (C=O) groups is 1. The lowest BCUT2D eigenvalue weighted by Crippen LogP contribution is -2.15. The molecule has 1 fully saturated rings. The van der Waals surface area contributed by atoms with E-state index in [-0.39, 0.29) is 11.3 Å². The molecule has 29 heavy (non-hydrogen) atoms. The van der Waals surface area contributed by atoms with Crippen molar-refractivity contribution in [3.63, 3.8) is 0 Å². The molecular formula is C22H18F3NO3. The summed E-state index contributed by atoms with van der Waals surface area (Å²) in [6.07, 6.45) is -2.57. The summed E-state index contributed by atoms with van der Waals surface area (Å²) >= 11 is 0. The van der Waals surface area contributed by atoms with Crippen molar-refractivity contribution in [1.29, 1.82) is 0 Å². The van der Waals surface area contributed by atoms with Crippen LogP contribution in [0.4, 0.5) is 13.2 Å². The first-order chi connectivity index (χ1) is 13.7. The standard InChI is InChI=1S/C22H18F3NO3/c1-2-12-3-8-15-16(11-12)26-19(18(27)17(15)20(28)29)21(9-10-21)13-4-6-14(7-5-13)22(23,24)25/h3-8,11,27H,2,9-10H2,1H3,(H,28,29). The van der Waals surface area contributed by atoms with E-state index in [4.69, 9.17) is 0 Å². The topological polar surface area (TPSA) is 70.4 Å². The molecule has 0 aliphatic heterocycles. The molecule has 7 heteroatoms. The summed E-state index contributed by atoms with van der Waals surface area (Å²) in [7, 11) is 0. The number of alkyl halides is 3.